The number of carbonyl (C=O) groups is 3. The first-order valence-electron chi connectivity index (χ1n) is 32.5. The van der Waals surface area contributed by atoms with E-state index in [4.69, 9.17) is 14.2 Å². The monoisotopic (exact) mass is 1080 g/mol. The van der Waals surface area contributed by atoms with Crippen LogP contribution in [0.3, 0.4) is 0 Å². The molecule has 0 bridgehead atoms. The van der Waals surface area contributed by atoms with Gasteiger partial charge >= 0.3 is 17.9 Å². The van der Waals surface area contributed by atoms with Crippen molar-refractivity contribution in [2.24, 2.45) is 0 Å². The minimum absolute atomic E-state index is 0.0912. The Kier molecular flexibility index (Phi) is 61.8. The highest BCUT2D eigenvalue weighted by Crippen LogP contribution is 2.15. The van der Waals surface area contributed by atoms with Gasteiger partial charge in [0.1, 0.15) is 13.2 Å². The lowest BCUT2D eigenvalue weighted by molar-refractivity contribution is -0.167. The van der Waals surface area contributed by atoms with Crippen LogP contribution < -0.4 is 0 Å². The Bertz CT molecular complexity index is 1620. The van der Waals surface area contributed by atoms with Crippen molar-refractivity contribution in [3.05, 3.63) is 122 Å². The van der Waals surface area contributed by atoms with E-state index in [1.165, 1.54) is 116 Å². The summed E-state index contributed by atoms with van der Waals surface area (Å²) in [4.78, 5) is 38.3. The van der Waals surface area contributed by atoms with Gasteiger partial charge in [-0.1, -0.05) is 271 Å². The Morgan fingerprint density at radius 1 is 0.269 bits per heavy atom. The van der Waals surface area contributed by atoms with Crippen molar-refractivity contribution in [3.8, 4) is 0 Å². The summed E-state index contributed by atoms with van der Waals surface area (Å²) in [6.45, 7) is 6.45. The van der Waals surface area contributed by atoms with Gasteiger partial charge in [-0.25, -0.2) is 0 Å². The minimum atomic E-state index is -0.796. The number of ether oxygens (including phenoxy) is 3. The molecule has 0 heterocycles. The Morgan fingerprint density at radius 3 is 0.821 bits per heavy atom. The predicted molar refractivity (Wildman–Crippen MR) is 339 cm³/mol. The lowest BCUT2D eigenvalue weighted by atomic mass is 10.0. The molecule has 6 heteroatoms. The van der Waals surface area contributed by atoms with Crippen molar-refractivity contribution in [1.82, 2.24) is 0 Å². The van der Waals surface area contributed by atoms with Crippen molar-refractivity contribution in [3.63, 3.8) is 0 Å². The van der Waals surface area contributed by atoms with Crippen LogP contribution >= 0.6 is 0 Å². The highest BCUT2D eigenvalue weighted by Gasteiger charge is 2.19. The molecule has 0 aliphatic rings. The van der Waals surface area contributed by atoms with Crippen LogP contribution in [0, 0.1) is 0 Å². The molecule has 0 N–H and O–H groups in total. The molecule has 444 valence electrons. The quantitative estimate of drug-likeness (QED) is 0.0261. The Balaban J connectivity index is 4.36. The number of carbonyl (C=O) groups excluding carboxylic acids is 3. The molecule has 0 spiro atoms. The number of allylic oxidation sites excluding steroid dienone is 20. The van der Waals surface area contributed by atoms with Gasteiger partial charge in [0, 0.05) is 19.3 Å². The molecule has 0 amide bonds. The first kappa shape index (κ1) is 73.8. The summed E-state index contributed by atoms with van der Waals surface area (Å²) >= 11 is 0. The van der Waals surface area contributed by atoms with Crippen LogP contribution in [0.5, 0.6) is 0 Å². The van der Waals surface area contributed by atoms with E-state index in [2.05, 4.69) is 142 Å². The molecule has 78 heavy (non-hydrogen) atoms. The smallest absolute Gasteiger partial charge is 0.306 e. The van der Waals surface area contributed by atoms with E-state index >= 15 is 0 Å². The van der Waals surface area contributed by atoms with Gasteiger partial charge in [-0.3, -0.25) is 14.4 Å². The topological polar surface area (TPSA) is 78.9 Å². The average Bonchev–Trinajstić information content (AvgIpc) is 3.44. The van der Waals surface area contributed by atoms with E-state index in [0.717, 1.165) is 141 Å². The molecule has 0 saturated carbocycles. The second kappa shape index (κ2) is 65.3. The first-order chi connectivity index (χ1) is 38.5. The van der Waals surface area contributed by atoms with Crippen LogP contribution in [0.2, 0.25) is 0 Å². The largest absolute Gasteiger partial charge is 0.462 e. The molecule has 0 aromatic rings. The third-order valence-corrected chi connectivity index (χ3v) is 13.7. The third-order valence-electron chi connectivity index (χ3n) is 13.7. The fourth-order valence-electron chi connectivity index (χ4n) is 8.79. The molecule has 0 aliphatic carbocycles. The molecule has 0 aromatic carbocycles. The van der Waals surface area contributed by atoms with Gasteiger partial charge < -0.3 is 14.2 Å². The van der Waals surface area contributed by atoms with E-state index in [9.17, 15) is 14.4 Å². The Labute approximate surface area is 482 Å². The van der Waals surface area contributed by atoms with E-state index in [-0.39, 0.29) is 31.1 Å². The third kappa shape index (κ3) is 62.7. The molecule has 1 unspecified atom stereocenters. The summed E-state index contributed by atoms with van der Waals surface area (Å²) in [5, 5.41) is 0. The number of unbranched alkanes of at least 4 members (excludes halogenated alkanes) is 27. The fraction of sp³-hybridized carbons (Fsp3) is 0.681. The highest BCUT2D eigenvalue weighted by molar-refractivity contribution is 5.71. The molecular weight excluding hydrogens is 961 g/mol. The van der Waals surface area contributed by atoms with Crippen LogP contribution in [-0.2, 0) is 28.6 Å². The standard InChI is InChI=1S/C72H120O6/c1-4-7-10-13-16-19-22-25-28-30-32-33-34-35-36-37-38-39-41-42-44-47-50-53-56-59-62-65-71(74)77-68-69(67-76-70(73)64-61-58-55-52-49-46-27-24-21-18-15-12-9-6-3)78-72(75)66-63-60-57-54-51-48-45-43-40-31-29-26-23-20-17-14-11-8-5-2/h7,10,15-20,24-29,32-33,35-36,40,43,69H,4-6,8-9,11-14,21-23,30-31,34,37-39,41-42,44-68H2,1-3H3/b10-7-,18-15-,19-16-,20-17-,27-24-,28-25-,29-26-,33-32-,36-35-,43-40-. The Hall–Kier alpha value is -4.19. The van der Waals surface area contributed by atoms with Gasteiger partial charge in [0.15, 0.2) is 6.10 Å². The van der Waals surface area contributed by atoms with Gasteiger partial charge in [0.2, 0.25) is 0 Å². The second-order valence-corrected chi connectivity index (χ2v) is 21.3. The summed E-state index contributed by atoms with van der Waals surface area (Å²) in [5.41, 5.74) is 0. The zero-order valence-corrected chi connectivity index (χ0v) is 50.9. The summed E-state index contributed by atoms with van der Waals surface area (Å²) in [6.07, 6.45) is 90.5. The van der Waals surface area contributed by atoms with Crippen LogP contribution in [0.4, 0.5) is 0 Å². The summed E-state index contributed by atoms with van der Waals surface area (Å²) in [5.74, 6) is -0.916. The molecule has 0 fully saturated rings. The fourth-order valence-corrected chi connectivity index (χ4v) is 8.79. The lowest BCUT2D eigenvalue weighted by Gasteiger charge is -2.18. The molecule has 0 saturated heterocycles. The maximum absolute atomic E-state index is 12.9. The van der Waals surface area contributed by atoms with Crippen LogP contribution in [0.1, 0.15) is 297 Å². The van der Waals surface area contributed by atoms with Gasteiger partial charge in [0.25, 0.3) is 0 Å². The average molecular weight is 1080 g/mol. The zero-order valence-electron chi connectivity index (χ0n) is 50.9. The molecule has 0 radical (unpaired) electrons. The molecule has 0 rings (SSSR count). The number of rotatable bonds is 58. The second-order valence-electron chi connectivity index (χ2n) is 21.3. The number of hydrogen-bond acceptors (Lipinski definition) is 6. The van der Waals surface area contributed by atoms with Crippen LogP contribution in [-0.4, -0.2) is 37.2 Å². The molecule has 6 nitrogen and oxygen atoms in total. The first-order valence-corrected chi connectivity index (χ1v) is 32.5. The van der Waals surface area contributed by atoms with E-state index in [0.29, 0.717) is 19.3 Å². The summed E-state index contributed by atoms with van der Waals surface area (Å²) < 4.78 is 16.9. The summed E-state index contributed by atoms with van der Waals surface area (Å²) in [6, 6.07) is 0. The highest BCUT2D eigenvalue weighted by atomic mass is 16.6. The van der Waals surface area contributed by atoms with Crippen molar-refractivity contribution in [2.75, 3.05) is 13.2 Å². The maximum Gasteiger partial charge on any atom is 0.306 e. The maximum atomic E-state index is 12.9. The zero-order chi connectivity index (χ0) is 56.4. The van der Waals surface area contributed by atoms with Crippen molar-refractivity contribution in [2.45, 2.75) is 303 Å². The SMILES string of the molecule is CC/C=C\C/C=C\C/C=C\C/C=C\C/C=C\CCCCCCCCCCCCCC(=O)OCC(COC(=O)CCCCCCC/C=C\C/C=C\CCCC)OC(=O)CCCCCCCC/C=C\C/C=C\C/C=C\CCCCC. The minimum Gasteiger partial charge on any atom is -0.462 e. The Morgan fingerprint density at radius 2 is 0.513 bits per heavy atom. The summed E-state index contributed by atoms with van der Waals surface area (Å²) in [7, 11) is 0. The molecule has 1 atom stereocenters. The van der Waals surface area contributed by atoms with Gasteiger partial charge in [-0.2, -0.15) is 0 Å². The molecular formula is C72H120O6. The number of hydrogen-bond donors (Lipinski definition) is 0. The molecule has 0 aromatic heterocycles. The van der Waals surface area contributed by atoms with Crippen LogP contribution in [0.25, 0.3) is 0 Å². The van der Waals surface area contributed by atoms with Crippen molar-refractivity contribution >= 4 is 17.9 Å². The van der Waals surface area contributed by atoms with Crippen molar-refractivity contribution < 1.29 is 28.6 Å². The van der Waals surface area contributed by atoms with Gasteiger partial charge in [-0.05, 0) is 128 Å². The van der Waals surface area contributed by atoms with E-state index in [1.807, 2.05) is 0 Å². The predicted octanol–water partition coefficient (Wildman–Crippen LogP) is 22.4. The molecule has 0 aliphatic heterocycles. The number of esters is 3. The van der Waals surface area contributed by atoms with E-state index < -0.39 is 6.10 Å². The van der Waals surface area contributed by atoms with Crippen molar-refractivity contribution in [1.29, 1.82) is 0 Å². The van der Waals surface area contributed by atoms with Gasteiger partial charge in [-0.15, -0.1) is 0 Å². The van der Waals surface area contributed by atoms with Crippen LogP contribution in [0.15, 0.2) is 122 Å². The van der Waals surface area contributed by atoms with E-state index in [1.54, 1.807) is 0 Å². The van der Waals surface area contributed by atoms with Gasteiger partial charge in [0.05, 0.1) is 0 Å². The normalized spacial score (nSPS) is 12.9. The lowest BCUT2D eigenvalue weighted by Crippen LogP contribution is -2.30.